The Morgan fingerprint density at radius 3 is 2.84 bits per heavy atom. The molecule has 1 aliphatic rings. The van der Waals surface area contributed by atoms with Crippen molar-refractivity contribution in [2.45, 2.75) is 18.9 Å². The Balaban J connectivity index is 1.90. The van der Waals surface area contributed by atoms with Crippen LogP contribution in [0.25, 0.3) is 11.3 Å². The van der Waals surface area contributed by atoms with Crippen molar-refractivity contribution < 1.29 is 5.11 Å². The molecular weight excluding hydrogens is 240 g/mol. The van der Waals surface area contributed by atoms with E-state index in [1.807, 2.05) is 18.3 Å². The van der Waals surface area contributed by atoms with Gasteiger partial charge in [-0.05, 0) is 25.0 Å². The van der Waals surface area contributed by atoms with Gasteiger partial charge in [-0.3, -0.25) is 5.10 Å². The molecule has 4 N–H and O–H groups in total. The zero-order valence-corrected chi connectivity index (χ0v) is 10.7. The highest BCUT2D eigenvalue weighted by atomic mass is 16.3. The van der Waals surface area contributed by atoms with E-state index < -0.39 is 0 Å². The highest BCUT2D eigenvalue weighted by Gasteiger charge is 2.20. The van der Waals surface area contributed by atoms with Crippen LogP contribution in [-0.4, -0.2) is 34.4 Å². The number of nitrogens with one attached hydrogen (secondary N) is 1. The average Bonchev–Trinajstić information content (AvgIpc) is 2.89. The minimum absolute atomic E-state index is 0.263. The molecule has 0 unspecified atom stereocenters. The Kier molecular flexibility index (Phi) is 3.13. The number of H-pyrrole nitrogens is 1. The molecule has 0 atom stereocenters. The van der Waals surface area contributed by atoms with E-state index in [1.54, 1.807) is 12.1 Å². The summed E-state index contributed by atoms with van der Waals surface area (Å²) in [5.41, 5.74) is 8.91. The minimum atomic E-state index is 0.263. The molecule has 1 saturated heterocycles. The molecule has 0 radical (unpaired) electrons. The van der Waals surface area contributed by atoms with Gasteiger partial charge in [0.25, 0.3) is 0 Å². The van der Waals surface area contributed by atoms with Crippen molar-refractivity contribution in [2.75, 3.05) is 18.0 Å². The van der Waals surface area contributed by atoms with Crippen molar-refractivity contribution in [3.63, 3.8) is 0 Å². The number of aromatic nitrogens is 2. The van der Waals surface area contributed by atoms with Crippen LogP contribution in [-0.2, 0) is 0 Å². The molecule has 100 valence electrons. The van der Waals surface area contributed by atoms with Crippen LogP contribution < -0.4 is 10.6 Å². The second kappa shape index (κ2) is 4.93. The highest BCUT2D eigenvalue weighted by Crippen LogP contribution is 2.31. The highest BCUT2D eigenvalue weighted by molar-refractivity contribution is 5.75. The number of phenolic OH excluding ortho intramolecular Hbond substituents is 1. The first-order chi connectivity index (χ1) is 9.24. The number of hydrogen-bond donors (Lipinski definition) is 3. The summed E-state index contributed by atoms with van der Waals surface area (Å²) in [6.07, 6.45) is 3.85. The van der Waals surface area contributed by atoms with Gasteiger partial charge < -0.3 is 15.7 Å². The maximum atomic E-state index is 9.58. The van der Waals surface area contributed by atoms with Crippen molar-refractivity contribution in [1.82, 2.24) is 10.2 Å². The van der Waals surface area contributed by atoms with Crippen LogP contribution in [0.3, 0.4) is 0 Å². The van der Waals surface area contributed by atoms with Crippen molar-refractivity contribution in [2.24, 2.45) is 5.73 Å². The van der Waals surface area contributed by atoms with Gasteiger partial charge >= 0.3 is 0 Å². The molecule has 0 bridgehead atoms. The molecule has 2 aromatic rings. The third kappa shape index (κ3) is 2.42. The second-order valence-corrected chi connectivity index (χ2v) is 5.01. The smallest absolute Gasteiger partial charge is 0.116 e. The Morgan fingerprint density at radius 1 is 1.32 bits per heavy atom. The fraction of sp³-hybridized carbons (Fsp3) is 0.357. The Labute approximate surface area is 112 Å². The largest absolute Gasteiger partial charge is 0.508 e. The van der Waals surface area contributed by atoms with E-state index in [1.165, 1.54) is 0 Å². The number of nitrogens with zero attached hydrogens (tertiary/aromatic N) is 2. The zero-order valence-electron chi connectivity index (χ0n) is 10.7. The predicted molar refractivity (Wildman–Crippen MR) is 75.1 cm³/mol. The van der Waals surface area contributed by atoms with Crippen LogP contribution in [0.2, 0.25) is 0 Å². The Morgan fingerprint density at radius 2 is 2.11 bits per heavy atom. The number of rotatable bonds is 2. The first-order valence-electron chi connectivity index (χ1n) is 6.57. The quantitative estimate of drug-likeness (QED) is 0.766. The van der Waals surface area contributed by atoms with E-state index in [2.05, 4.69) is 15.1 Å². The van der Waals surface area contributed by atoms with Gasteiger partial charge in [0.1, 0.15) is 5.75 Å². The van der Waals surface area contributed by atoms with Gasteiger partial charge in [-0.1, -0.05) is 12.1 Å². The fourth-order valence-electron chi connectivity index (χ4n) is 2.53. The normalized spacial score (nSPS) is 16.8. The van der Waals surface area contributed by atoms with Gasteiger partial charge in [0.15, 0.2) is 0 Å². The number of aromatic amines is 1. The van der Waals surface area contributed by atoms with Crippen molar-refractivity contribution >= 4 is 5.69 Å². The Bertz CT molecular complexity index is 558. The third-order valence-electron chi connectivity index (χ3n) is 3.63. The van der Waals surface area contributed by atoms with E-state index in [-0.39, 0.29) is 5.75 Å². The van der Waals surface area contributed by atoms with E-state index in [4.69, 9.17) is 5.73 Å². The summed E-state index contributed by atoms with van der Waals surface area (Å²) in [5, 5.41) is 16.8. The van der Waals surface area contributed by atoms with Gasteiger partial charge in [-0.25, -0.2) is 0 Å². The second-order valence-electron chi connectivity index (χ2n) is 5.01. The SMILES string of the molecule is NC1CCN(c2cn[nH]c2-c2cccc(O)c2)CC1. The van der Waals surface area contributed by atoms with Gasteiger partial charge in [0.2, 0.25) is 0 Å². The lowest BCUT2D eigenvalue weighted by molar-refractivity contribution is 0.475. The molecule has 1 aliphatic heterocycles. The molecule has 1 aromatic carbocycles. The molecule has 19 heavy (non-hydrogen) atoms. The number of anilines is 1. The number of nitrogens with two attached hydrogens (primary N) is 1. The lowest BCUT2D eigenvalue weighted by Gasteiger charge is -2.31. The summed E-state index contributed by atoms with van der Waals surface area (Å²) in [5.74, 6) is 0.263. The van der Waals surface area contributed by atoms with Crippen molar-refractivity contribution in [3.8, 4) is 17.0 Å². The molecule has 5 nitrogen and oxygen atoms in total. The molecular formula is C14H18N4O. The van der Waals surface area contributed by atoms with Gasteiger partial charge in [0.05, 0.1) is 17.6 Å². The number of aromatic hydroxyl groups is 1. The van der Waals surface area contributed by atoms with Crippen LogP contribution in [0.15, 0.2) is 30.5 Å². The summed E-state index contributed by atoms with van der Waals surface area (Å²) >= 11 is 0. The van der Waals surface area contributed by atoms with Crippen LogP contribution in [0.4, 0.5) is 5.69 Å². The summed E-state index contributed by atoms with van der Waals surface area (Å²) in [7, 11) is 0. The maximum Gasteiger partial charge on any atom is 0.116 e. The number of hydrogen-bond acceptors (Lipinski definition) is 4. The molecule has 0 aliphatic carbocycles. The zero-order chi connectivity index (χ0) is 13.2. The van der Waals surface area contributed by atoms with Crippen LogP contribution in [0.1, 0.15) is 12.8 Å². The summed E-state index contributed by atoms with van der Waals surface area (Å²) in [6, 6.07) is 7.52. The van der Waals surface area contributed by atoms with Crippen LogP contribution in [0.5, 0.6) is 5.75 Å². The fourth-order valence-corrected chi connectivity index (χ4v) is 2.53. The van der Waals surface area contributed by atoms with Crippen molar-refractivity contribution in [3.05, 3.63) is 30.5 Å². The maximum absolute atomic E-state index is 9.58. The van der Waals surface area contributed by atoms with E-state index in [0.29, 0.717) is 6.04 Å². The first kappa shape index (κ1) is 12.0. The molecule has 5 heteroatoms. The minimum Gasteiger partial charge on any atom is -0.508 e. The summed E-state index contributed by atoms with van der Waals surface area (Å²) in [6.45, 7) is 1.90. The summed E-state index contributed by atoms with van der Waals surface area (Å²) < 4.78 is 0. The number of benzene rings is 1. The molecule has 0 saturated carbocycles. The number of phenols is 1. The Hall–Kier alpha value is -2.01. The number of piperidine rings is 1. The molecule has 1 aromatic heterocycles. The third-order valence-corrected chi connectivity index (χ3v) is 3.63. The van der Waals surface area contributed by atoms with Crippen molar-refractivity contribution in [1.29, 1.82) is 0 Å². The predicted octanol–water partition coefficient (Wildman–Crippen LogP) is 1.71. The van der Waals surface area contributed by atoms with Gasteiger partial charge in [-0.15, -0.1) is 0 Å². The molecule has 1 fully saturated rings. The molecule has 2 heterocycles. The van der Waals surface area contributed by atoms with Crippen LogP contribution >= 0.6 is 0 Å². The lowest BCUT2D eigenvalue weighted by atomic mass is 10.0. The molecule has 0 spiro atoms. The monoisotopic (exact) mass is 258 g/mol. The van der Waals surface area contributed by atoms with Gasteiger partial charge in [0, 0.05) is 24.7 Å². The van der Waals surface area contributed by atoms with Gasteiger partial charge in [-0.2, -0.15) is 5.10 Å². The average molecular weight is 258 g/mol. The molecule has 3 rings (SSSR count). The molecule has 0 amide bonds. The van der Waals surface area contributed by atoms with E-state index >= 15 is 0 Å². The topological polar surface area (TPSA) is 78.2 Å². The lowest BCUT2D eigenvalue weighted by Crippen LogP contribution is -2.39. The summed E-state index contributed by atoms with van der Waals surface area (Å²) in [4.78, 5) is 2.30. The van der Waals surface area contributed by atoms with E-state index in [0.717, 1.165) is 42.9 Å². The van der Waals surface area contributed by atoms with E-state index in [9.17, 15) is 5.11 Å². The first-order valence-corrected chi connectivity index (χ1v) is 6.57. The van der Waals surface area contributed by atoms with Crippen LogP contribution in [0, 0.1) is 0 Å². The standard InChI is InChI=1S/C14H18N4O/c15-11-4-6-18(7-5-11)13-9-16-17-14(13)10-2-1-3-12(19)8-10/h1-3,8-9,11,19H,4-7,15H2,(H,16,17).